The molecule has 3 aliphatic rings. The number of hydrogen-bond acceptors (Lipinski definition) is 1. The molecule has 3 rings (SSSR count). The third-order valence-electron chi connectivity index (χ3n) is 6.94. The SMILES string of the molecule is CC1CCC(C2CCC(C3CCC(S)CC3)CC2F)CC1. The summed E-state index contributed by atoms with van der Waals surface area (Å²) in [5, 5.41) is 0.614. The average molecular weight is 313 g/mol. The summed E-state index contributed by atoms with van der Waals surface area (Å²) in [5.41, 5.74) is 0. The quantitative estimate of drug-likeness (QED) is 0.589. The van der Waals surface area contributed by atoms with Gasteiger partial charge in [-0.1, -0.05) is 19.8 Å². The van der Waals surface area contributed by atoms with Gasteiger partial charge >= 0.3 is 0 Å². The number of rotatable bonds is 2. The highest BCUT2D eigenvalue weighted by Crippen LogP contribution is 2.46. The zero-order valence-electron chi connectivity index (χ0n) is 13.6. The van der Waals surface area contributed by atoms with E-state index in [0.29, 0.717) is 23.0 Å². The van der Waals surface area contributed by atoms with Crippen LogP contribution < -0.4 is 0 Å². The number of alkyl halides is 1. The molecular formula is C19H33FS. The second kappa shape index (κ2) is 7.23. The molecule has 0 N–H and O–H groups in total. The zero-order valence-corrected chi connectivity index (χ0v) is 14.5. The Kier molecular flexibility index (Phi) is 5.56. The smallest absolute Gasteiger partial charge is 0.103 e. The fourth-order valence-electron chi connectivity index (χ4n) is 5.42. The van der Waals surface area contributed by atoms with Crippen molar-refractivity contribution in [3.8, 4) is 0 Å². The summed E-state index contributed by atoms with van der Waals surface area (Å²) in [6.07, 6.45) is 13.2. The van der Waals surface area contributed by atoms with Crippen LogP contribution in [0.5, 0.6) is 0 Å². The summed E-state index contributed by atoms with van der Waals surface area (Å²) >= 11 is 4.60. The predicted octanol–water partition coefficient (Wildman–Crippen LogP) is 6.06. The van der Waals surface area contributed by atoms with E-state index in [0.717, 1.165) is 18.3 Å². The zero-order chi connectivity index (χ0) is 14.8. The van der Waals surface area contributed by atoms with Gasteiger partial charge in [-0.3, -0.25) is 0 Å². The average Bonchev–Trinajstić information content (AvgIpc) is 2.49. The van der Waals surface area contributed by atoms with E-state index in [1.54, 1.807) is 0 Å². The first kappa shape index (κ1) is 16.1. The molecule has 0 nitrogen and oxygen atoms in total. The van der Waals surface area contributed by atoms with Crippen LogP contribution in [0, 0.1) is 29.6 Å². The Morgan fingerprint density at radius 2 is 1.29 bits per heavy atom. The van der Waals surface area contributed by atoms with Crippen molar-refractivity contribution in [2.45, 2.75) is 89.0 Å². The maximum atomic E-state index is 14.8. The van der Waals surface area contributed by atoms with Gasteiger partial charge in [-0.25, -0.2) is 4.39 Å². The lowest BCUT2D eigenvalue weighted by atomic mass is 9.65. The van der Waals surface area contributed by atoms with Gasteiger partial charge in [0.15, 0.2) is 0 Å². The van der Waals surface area contributed by atoms with Gasteiger partial charge in [0.25, 0.3) is 0 Å². The second-order valence-electron chi connectivity index (χ2n) is 8.34. The highest BCUT2D eigenvalue weighted by molar-refractivity contribution is 7.80. The van der Waals surface area contributed by atoms with Crippen LogP contribution in [0.4, 0.5) is 4.39 Å². The fourth-order valence-corrected chi connectivity index (χ4v) is 5.71. The number of halogens is 1. The van der Waals surface area contributed by atoms with Crippen molar-refractivity contribution in [1.29, 1.82) is 0 Å². The molecule has 3 atom stereocenters. The first-order valence-corrected chi connectivity index (χ1v) is 9.97. The van der Waals surface area contributed by atoms with Crippen LogP contribution in [-0.2, 0) is 0 Å². The molecule has 0 aromatic carbocycles. The summed E-state index contributed by atoms with van der Waals surface area (Å²) in [4.78, 5) is 0. The lowest BCUT2D eigenvalue weighted by Crippen LogP contribution is -2.36. The van der Waals surface area contributed by atoms with Crippen molar-refractivity contribution < 1.29 is 4.39 Å². The van der Waals surface area contributed by atoms with E-state index in [1.165, 1.54) is 64.2 Å². The molecule has 0 bridgehead atoms. The fraction of sp³-hybridized carbons (Fsp3) is 1.00. The monoisotopic (exact) mass is 312 g/mol. The van der Waals surface area contributed by atoms with Crippen LogP contribution in [-0.4, -0.2) is 11.4 Å². The van der Waals surface area contributed by atoms with Crippen molar-refractivity contribution in [3.05, 3.63) is 0 Å². The topological polar surface area (TPSA) is 0 Å². The summed E-state index contributed by atoms with van der Waals surface area (Å²) in [6, 6.07) is 0. The van der Waals surface area contributed by atoms with Crippen molar-refractivity contribution in [2.75, 3.05) is 0 Å². The molecule has 3 aliphatic carbocycles. The molecule has 0 saturated heterocycles. The maximum Gasteiger partial charge on any atom is 0.103 e. The Labute approximate surface area is 136 Å². The van der Waals surface area contributed by atoms with E-state index >= 15 is 0 Å². The van der Waals surface area contributed by atoms with Crippen molar-refractivity contribution in [2.24, 2.45) is 29.6 Å². The van der Waals surface area contributed by atoms with Gasteiger partial charge in [0.2, 0.25) is 0 Å². The predicted molar refractivity (Wildman–Crippen MR) is 91.6 cm³/mol. The highest BCUT2D eigenvalue weighted by Gasteiger charge is 2.39. The largest absolute Gasteiger partial charge is 0.247 e. The van der Waals surface area contributed by atoms with Gasteiger partial charge < -0.3 is 0 Å². The molecule has 0 aromatic rings. The third-order valence-corrected chi connectivity index (χ3v) is 7.45. The molecule has 21 heavy (non-hydrogen) atoms. The Hall–Kier alpha value is 0.280. The molecule has 0 radical (unpaired) electrons. The number of hydrogen-bond donors (Lipinski definition) is 1. The molecule has 3 unspecified atom stereocenters. The van der Waals surface area contributed by atoms with Gasteiger partial charge in [0.05, 0.1) is 0 Å². The van der Waals surface area contributed by atoms with Crippen molar-refractivity contribution >= 4 is 12.6 Å². The van der Waals surface area contributed by atoms with Crippen LogP contribution in [0.1, 0.15) is 77.6 Å². The standard InChI is InChI=1S/C19H33FS/c1-13-2-4-15(5-3-13)18-11-8-16(12-19(18)20)14-6-9-17(21)10-7-14/h13-19,21H,2-12H2,1H3. The minimum atomic E-state index is -0.504. The van der Waals surface area contributed by atoms with Gasteiger partial charge in [0, 0.05) is 5.25 Å². The molecule has 3 fully saturated rings. The van der Waals surface area contributed by atoms with E-state index in [4.69, 9.17) is 0 Å². The van der Waals surface area contributed by atoms with Gasteiger partial charge in [-0.2, -0.15) is 12.6 Å². The van der Waals surface area contributed by atoms with E-state index in [2.05, 4.69) is 19.6 Å². The molecular weight excluding hydrogens is 279 g/mol. The van der Waals surface area contributed by atoms with E-state index in [-0.39, 0.29) is 0 Å². The maximum absolute atomic E-state index is 14.8. The highest BCUT2D eigenvalue weighted by atomic mass is 32.1. The van der Waals surface area contributed by atoms with Crippen LogP contribution in [0.15, 0.2) is 0 Å². The Balaban J connectivity index is 1.50. The van der Waals surface area contributed by atoms with Gasteiger partial charge in [0.1, 0.15) is 6.17 Å². The molecule has 122 valence electrons. The lowest BCUT2D eigenvalue weighted by molar-refractivity contribution is 0.0379. The Bertz CT molecular complexity index is 316. The van der Waals surface area contributed by atoms with Gasteiger partial charge in [-0.15, -0.1) is 0 Å². The second-order valence-corrected chi connectivity index (χ2v) is 9.07. The molecule has 0 aromatic heterocycles. The summed E-state index contributed by atoms with van der Waals surface area (Å²) in [6.45, 7) is 2.36. The molecule has 0 heterocycles. The van der Waals surface area contributed by atoms with E-state index in [9.17, 15) is 4.39 Å². The van der Waals surface area contributed by atoms with Crippen LogP contribution in [0.25, 0.3) is 0 Å². The minimum absolute atomic E-state index is 0.398. The Morgan fingerprint density at radius 1 is 0.714 bits per heavy atom. The number of thiol groups is 1. The summed E-state index contributed by atoms with van der Waals surface area (Å²) < 4.78 is 14.8. The van der Waals surface area contributed by atoms with E-state index < -0.39 is 6.17 Å². The van der Waals surface area contributed by atoms with Crippen molar-refractivity contribution in [1.82, 2.24) is 0 Å². The molecule has 0 spiro atoms. The minimum Gasteiger partial charge on any atom is -0.247 e. The van der Waals surface area contributed by atoms with Crippen LogP contribution >= 0.6 is 12.6 Å². The Morgan fingerprint density at radius 3 is 1.90 bits per heavy atom. The lowest BCUT2D eigenvalue weighted by Gasteiger charge is -2.42. The molecule has 2 heteroatoms. The summed E-state index contributed by atoms with van der Waals surface area (Å²) in [7, 11) is 0. The first-order valence-electron chi connectivity index (χ1n) is 9.45. The van der Waals surface area contributed by atoms with Crippen molar-refractivity contribution in [3.63, 3.8) is 0 Å². The molecule has 0 amide bonds. The third kappa shape index (κ3) is 3.98. The van der Waals surface area contributed by atoms with Gasteiger partial charge in [-0.05, 0) is 87.4 Å². The van der Waals surface area contributed by atoms with Crippen LogP contribution in [0.2, 0.25) is 0 Å². The molecule has 3 saturated carbocycles. The molecule has 0 aliphatic heterocycles. The summed E-state index contributed by atoms with van der Waals surface area (Å²) in [5.74, 6) is 3.46. The normalized spacial score (nSPS) is 49.0. The van der Waals surface area contributed by atoms with Crippen LogP contribution in [0.3, 0.4) is 0 Å². The van der Waals surface area contributed by atoms with E-state index in [1.807, 2.05) is 0 Å². The first-order chi connectivity index (χ1) is 10.1.